The molecule has 3 aromatic rings. The largest absolute Gasteiger partial charge is 0.368 e. The standard InChI is InChI=1S/C24H27ClN4O2/c1-2-3-6-13-29-23(30)21-8-5-4-7-20(21)22(26-29)24(31)28-16-14-27(15-17-28)19-11-9-18(25)10-12-19/h4-5,7-12H,2-3,6,13-17H2,1H3. The van der Waals surface area contributed by atoms with Gasteiger partial charge >= 0.3 is 0 Å². The van der Waals surface area contributed by atoms with Gasteiger partial charge in [0.2, 0.25) is 0 Å². The maximum atomic E-state index is 13.4. The van der Waals surface area contributed by atoms with Gasteiger partial charge in [-0.25, -0.2) is 4.68 Å². The lowest BCUT2D eigenvalue weighted by Gasteiger charge is -2.36. The van der Waals surface area contributed by atoms with Crippen molar-refractivity contribution in [2.75, 3.05) is 31.1 Å². The summed E-state index contributed by atoms with van der Waals surface area (Å²) in [7, 11) is 0. The molecule has 0 unspecified atom stereocenters. The fourth-order valence-electron chi connectivity index (χ4n) is 4.03. The van der Waals surface area contributed by atoms with Gasteiger partial charge in [0.1, 0.15) is 0 Å². The predicted molar refractivity (Wildman–Crippen MR) is 125 cm³/mol. The Hall–Kier alpha value is -2.86. The summed E-state index contributed by atoms with van der Waals surface area (Å²) in [5, 5.41) is 6.41. The fourth-order valence-corrected chi connectivity index (χ4v) is 4.15. The number of hydrogen-bond donors (Lipinski definition) is 0. The van der Waals surface area contributed by atoms with Crippen molar-refractivity contribution in [1.82, 2.24) is 14.7 Å². The minimum absolute atomic E-state index is 0.115. The van der Waals surface area contributed by atoms with Crippen LogP contribution in [0.4, 0.5) is 5.69 Å². The van der Waals surface area contributed by atoms with E-state index in [2.05, 4.69) is 16.9 Å². The number of hydrogen-bond acceptors (Lipinski definition) is 4. The van der Waals surface area contributed by atoms with Gasteiger partial charge in [0, 0.05) is 48.8 Å². The Morgan fingerprint density at radius 2 is 1.65 bits per heavy atom. The third-order valence-corrected chi connectivity index (χ3v) is 6.05. The molecule has 1 amide bonds. The number of amides is 1. The summed E-state index contributed by atoms with van der Waals surface area (Å²) in [6.07, 6.45) is 2.96. The molecule has 2 heterocycles. The quantitative estimate of drug-likeness (QED) is 0.541. The number of rotatable bonds is 6. The van der Waals surface area contributed by atoms with Crippen LogP contribution in [0.15, 0.2) is 53.3 Å². The van der Waals surface area contributed by atoms with Crippen LogP contribution in [0.5, 0.6) is 0 Å². The highest BCUT2D eigenvalue weighted by molar-refractivity contribution is 6.30. The molecule has 4 rings (SSSR count). The lowest BCUT2D eigenvalue weighted by atomic mass is 10.1. The molecule has 1 aliphatic rings. The van der Waals surface area contributed by atoms with Crippen LogP contribution in [-0.4, -0.2) is 46.8 Å². The maximum absolute atomic E-state index is 13.4. The van der Waals surface area contributed by atoms with Crippen LogP contribution in [0.3, 0.4) is 0 Å². The third-order valence-electron chi connectivity index (χ3n) is 5.80. The van der Waals surface area contributed by atoms with Crippen molar-refractivity contribution in [1.29, 1.82) is 0 Å². The molecule has 1 saturated heterocycles. The monoisotopic (exact) mass is 438 g/mol. The van der Waals surface area contributed by atoms with E-state index in [0.717, 1.165) is 38.0 Å². The second kappa shape index (κ2) is 9.52. The molecule has 1 fully saturated rings. The first-order valence-electron chi connectivity index (χ1n) is 10.9. The molecule has 162 valence electrons. The minimum Gasteiger partial charge on any atom is -0.368 e. The SMILES string of the molecule is CCCCCn1nc(C(=O)N2CCN(c3ccc(Cl)cc3)CC2)c2ccccc2c1=O. The summed E-state index contributed by atoms with van der Waals surface area (Å²) in [4.78, 5) is 30.3. The second-order valence-corrected chi connectivity index (χ2v) is 8.32. The highest BCUT2D eigenvalue weighted by Crippen LogP contribution is 2.21. The summed E-state index contributed by atoms with van der Waals surface area (Å²) >= 11 is 5.99. The highest BCUT2D eigenvalue weighted by Gasteiger charge is 2.26. The number of carbonyl (C=O) groups excluding carboxylic acids is 1. The lowest BCUT2D eigenvalue weighted by molar-refractivity contribution is 0.0740. The van der Waals surface area contributed by atoms with E-state index in [1.165, 1.54) is 4.68 Å². The van der Waals surface area contributed by atoms with E-state index in [0.29, 0.717) is 41.1 Å². The number of unbranched alkanes of at least 4 members (excludes halogenated alkanes) is 2. The van der Waals surface area contributed by atoms with Crippen molar-refractivity contribution in [3.63, 3.8) is 0 Å². The first kappa shape index (κ1) is 21.4. The predicted octanol–water partition coefficient (Wildman–Crippen LogP) is 4.20. The van der Waals surface area contributed by atoms with Gasteiger partial charge in [-0.3, -0.25) is 9.59 Å². The van der Waals surface area contributed by atoms with Gasteiger partial charge in [0.25, 0.3) is 11.5 Å². The van der Waals surface area contributed by atoms with Crippen LogP contribution >= 0.6 is 11.6 Å². The number of anilines is 1. The van der Waals surface area contributed by atoms with E-state index in [1.54, 1.807) is 6.07 Å². The zero-order valence-electron chi connectivity index (χ0n) is 17.8. The number of halogens is 1. The van der Waals surface area contributed by atoms with E-state index in [-0.39, 0.29) is 11.5 Å². The fraction of sp³-hybridized carbons (Fsp3) is 0.375. The minimum atomic E-state index is -0.129. The Morgan fingerprint density at radius 3 is 2.32 bits per heavy atom. The summed E-state index contributed by atoms with van der Waals surface area (Å²) in [6, 6.07) is 15.0. The van der Waals surface area contributed by atoms with Crippen molar-refractivity contribution < 1.29 is 4.79 Å². The first-order chi connectivity index (χ1) is 15.1. The molecule has 0 bridgehead atoms. The van der Waals surface area contributed by atoms with Gasteiger partial charge in [-0.1, -0.05) is 49.6 Å². The van der Waals surface area contributed by atoms with Crippen molar-refractivity contribution >= 4 is 34.0 Å². The molecule has 0 aliphatic carbocycles. The molecule has 7 heteroatoms. The number of benzene rings is 2. The van der Waals surface area contributed by atoms with Crippen molar-refractivity contribution in [3.05, 3.63) is 69.6 Å². The van der Waals surface area contributed by atoms with Crippen LogP contribution in [-0.2, 0) is 6.54 Å². The van der Waals surface area contributed by atoms with E-state index < -0.39 is 0 Å². The zero-order valence-corrected chi connectivity index (χ0v) is 18.5. The molecule has 0 atom stereocenters. The number of carbonyl (C=O) groups is 1. The molecule has 6 nitrogen and oxygen atoms in total. The topological polar surface area (TPSA) is 58.4 Å². The smallest absolute Gasteiger partial charge is 0.275 e. The Kier molecular flexibility index (Phi) is 6.56. The van der Waals surface area contributed by atoms with Gasteiger partial charge < -0.3 is 9.80 Å². The van der Waals surface area contributed by atoms with Crippen LogP contribution in [0.1, 0.15) is 36.7 Å². The number of piperazine rings is 1. The van der Waals surface area contributed by atoms with Gasteiger partial charge in [0.05, 0.1) is 5.39 Å². The Bertz CT molecular complexity index is 1120. The number of aromatic nitrogens is 2. The maximum Gasteiger partial charge on any atom is 0.275 e. The van der Waals surface area contributed by atoms with E-state index in [4.69, 9.17) is 11.6 Å². The molecule has 0 N–H and O–H groups in total. The van der Waals surface area contributed by atoms with Crippen molar-refractivity contribution in [2.24, 2.45) is 0 Å². The summed E-state index contributed by atoms with van der Waals surface area (Å²) < 4.78 is 1.47. The molecule has 0 spiro atoms. The molecule has 0 radical (unpaired) electrons. The van der Waals surface area contributed by atoms with E-state index in [9.17, 15) is 9.59 Å². The van der Waals surface area contributed by atoms with Gasteiger partial charge in [0.15, 0.2) is 5.69 Å². The second-order valence-electron chi connectivity index (χ2n) is 7.89. The van der Waals surface area contributed by atoms with Gasteiger partial charge in [-0.15, -0.1) is 0 Å². The number of nitrogens with zero attached hydrogens (tertiary/aromatic N) is 4. The Morgan fingerprint density at radius 1 is 0.968 bits per heavy atom. The summed E-state index contributed by atoms with van der Waals surface area (Å²) in [6.45, 7) is 5.33. The normalized spacial score (nSPS) is 14.3. The first-order valence-corrected chi connectivity index (χ1v) is 11.3. The average molecular weight is 439 g/mol. The molecular weight excluding hydrogens is 412 g/mol. The van der Waals surface area contributed by atoms with Crippen LogP contribution in [0.2, 0.25) is 5.02 Å². The highest BCUT2D eigenvalue weighted by atomic mass is 35.5. The van der Waals surface area contributed by atoms with Crippen LogP contribution in [0.25, 0.3) is 10.8 Å². The third kappa shape index (κ3) is 4.59. The van der Waals surface area contributed by atoms with E-state index in [1.807, 2.05) is 47.4 Å². The molecule has 1 aliphatic heterocycles. The van der Waals surface area contributed by atoms with Crippen LogP contribution < -0.4 is 10.5 Å². The lowest BCUT2D eigenvalue weighted by Crippen LogP contribution is -2.49. The zero-order chi connectivity index (χ0) is 21.8. The summed E-state index contributed by atoms with van der Waals surface area (Å²) in [5.74, 6) is -0.115. The Labute approximate surface area is 187 Å². The number of fused-ring (bicyclic) bond motifs is 1. The van der Waals surface area contributed by atoms with Gasteiger partial charge in [-0.05, 0) is 36.8 Å². The molecule has 2 aromatic carbocycles. The van der Waals surface area contributed by atoms with E-state index >= 15 is 0 Å². The van der Waals surface area contributed by atoms with Crippen LogP contribution in [0, 0.1) is 0 Å². The molecule has 0 saturated carbocycles. The average Bonchev–Trinajstić information content (AvgIpc) is 2.81. The molecule has 1 aromatic heterocycles. The summed E-state index contributed by atoms with van der Waals surface area (Å²) in [5.41, 5.74) is 1.34. The molecule has 31 heavy (non-hydrogen) atoms. The number of aryl methyl sites for hydroxylation is 1. The Balaban J connectivity index is 1.56. The van der Waals surface area contributed by atoms with Crippen molar-refractivity contribution in [3.8, 4) is 0 Å². The van der Waals surface area contributed by atoms with Crippen molar-refractivity contribution in [2.45, 2.75) is 32.7 Å². The van der Waals surface area contributed by atoms with Gasteiger partial charge in [-0.2, -0.15) is 5.10 Å². The molecular formula is C24H27ClN4O2.